The van der Waals surface area contributed by atoms with Gasteiger partial charge in [-0.2, -0.15) is 10.1 Å². The number of nitrogens with one attached hydrogen (secondary N) is 3. The summed E-state index contributed by atoms with van der Waals surface area (Å²) in [6.07, 6.45) is 2.65. The molecule has 0 aliphatic carbocycles. The Kier molecular flexibility index (Phi) is 6.35. The van der Waals surface area contributed by atoms with E-state index in [1.165, 1.54) is 12.3 Å². The Morgan fingerprint density at radius 2 is 1.97 bits per heavy atom. The van der Waals surface area contributed by atoms with E-state index in [-0.39, 0.29) is 23.8 Å². The van der Waals surface area contributed by atoms with Crippen molar-refractivity contribution in [3.63, 3.8) is 0 Å². The van der Waals surface area contributed by atoms with Gasteiger partial charge in [-0.05, 0) is 18.6 Å². The molecule has 4 N–H and O–H groups in total. The lowest BCUT2D eigenvalue weighted by Gasteiger charge is -2.08. The first-order valence-electron chi connectivity index (χ1n) is 10.1. The van der Waals surface area contributed by atoms with Crippen molar-refractivity contribution >= 4 is 22.5 Å². The first kappa shape index (κ1) is 21.0. The minimum Gasteiger partial charge on any atom is -0.493 e. The average molecular weight is 435 g/mol. The number of fused-ring (bicyclic) bond motifs is 1. The first-order valence-corrected chi connectivity index (χ1v) is 10.1. The number of pyridine rings is 1. The molecule has 0 aliphatic rings. The Morgan fingerprint density at radius 3 is 2.78 bits per heavy atom. The van der Waals surface area contributed by atoms with Crippen molar-refractivity contribution in [3.8, 4) is 17.3 Å². The van der Waals surface area contributed by atoms with E-state index in [0.717, 1.165) is 5.39 Å². The molecule has 4 rings (SSSR count). The van der Waals surface area contributed by atoms with E-state index in [1.54, 1.807) is 18.2 Å². The first-order chi connectivity index (χ1) is 15.6. The number of hydrogen-bond acceptors (Lipinski definition) is 9. The van der Waals surface area contributed by atoms with Crippen LogP contribution in [0.15, 0.2) is 51.9 Å². The van der Waals surface area contributed by atoms with Gasteiger partial charge >= 0.3 is 0 Å². The smallest absolute Gasteiger partial charge is 0.272 e. The number of aromatic nitrogens is 5. The summed E-state index contributed by atoms with van der Waals surface area (Å²) < 4.78 is 5.16. The molecule has 0 atom stereocenters. The number of benzene rings is 1. The molecule has 0 unspecified atom stereocenters. The molecule has 3 heterocycles. The number of carbonyl (C=O) groups excluding carboxylic acids is 1. The highest BCUT2D eigenvalue weighted by Crippen LogP contribution is 2.17. The van der Waals surface area contributed by atoms with Crippen LogP contribution in [-0.4, -0.2) is 49.4 Å². The van der Waals surface area contributed by atoms with Crippen LogP contribution in [0.3, 0.4) is 0 Å². The lowest BCUT2D eigenvalue weighted by molar-refractivity contribution is -0.121. The van der Waals surface area contributed by atoms with E-state index >= 15 is 0 Å². The lowest BCUT2D eigenvalue weighted by Crippen LogP contribution is -2.26. The predicted octanol–water partition coefficient (Wildman–Crippen LogP) is 1.62. The third-order valence-electron chi connectivity index (χ3n) is 4.70. The number of aromatic amines is 1. The highest BCUT2D eigenvalue weighted by Gasteiger charge is 2.11. The van der Waals surface area contributed by atoms with Gasteiger partial charge in [-0.25, -0.2) is 10.1 Å². The third kappa shape index (κ3) is 5.06. The van der Waals surface area contributed by atoms with Crippen LogP contribution < -0.4 is 16.2 Å². The van der Waals surface area contributed by atoms with Gasteiger partial charge in [0.25, 0.3) is 5.56 Å². The third-order valence-corrected chi connectivity index (χ3v) is 4.70. The van der Waals surface area contributed by atoms with Crippen molar-refractivity contribution in [3.05, 3.63) is 58.8 Å². The monoisotopic (exact) mass is 435 g/mol. The van der Waals surface area contributed by atoms with E-state index in [2.05, 4.69) is 36.0 Å². The summed E-state index contributed by atoms with van der Waals surface area (Å²) >= 11 is 0. The molecular weight excluding hydrogens is 414 g/mol. The van der Waals surface area contributed by atoms with Crippen LogP contribution >= 0.6 is 0 Å². The van der Waals surface area contributed by atoms with Crippen LogP contribution in [0, 0.1) is 0 Å². The SMILES string of the molecule is O=C(CCc1nc(-c2ccc(O)nc2)no1)NCCCNc1n[nH]c(=O)c2ccccc12. The second-order valence-corrected chi connectivity index (χ2v) is 6.99. The number of H-pyrrole nitrogens is 1. The number of carbonyl (C=O) groups is 1. The summed E-state index contributed by atoms with van der Waals surface area (Å²) in [6, 6.07) is 10.3. The summed E-state index contributed by atoms with van der Waals surface area (Å²) in [5.41, 5.74) is 0.381. The lowest BCUT2D eigenvalue weighted by atomic mass is 10.2. The molecule has 32 heavy (non-hydrogen) atoms. The van der Waals surface area contributed by atoms with E-state index in [1.807, 2.05) is 12.1 Å². The van der Waals surface area contributed by atoms with Gasteiger partial charge in [0.2, 0.25) is 23.5 Å². The second kappa shape index (κ2) is 9.69. The molecule has 0 fully saturated rings. The Morgan fingerprint density at radius 1 is 1.12 bits per heavy atom. The number of amides is 1. The van der Waals surface area contributed by atoms with Crippen molar-refractivity contribution < 1.29 is 14.4 Å². The highest BCUT2D eigenvalue weighted by molar-refractivity contribution is 5.90. The fraction of sp³-hybridized carbons (Fsp3) is 0.238. The van der Waals surface area contributed by atoms with E-state index in [9.17, 15) is 14.7 Å². The average Bonchev–Trinajstić information content (AvgIpc) is 3.28. The molecule has 11 nitrogen and oxygen atoms in total. The summed E-state index contributed by atoms with van der Waals surface area (Å²) in [7, 11) is 0. The Balaban J connectivity index is 1.18. The predicted molar refractivity (Wildman–Crippen MR) is 116 cm³/mol. The van der Waals surface area contributed by atoms with Crippen molar-refractivity contribution in [1.82, 2.24) is 30.6 Å². The zero-order valence-corrected chi connectivity index (χ0v) is 17.0. The molecule has 0 radical (unpaired) electrons. The number of rotatable bonds is 9. The molecule has 11 heteroatoms. The van der Waals surface area contributed by atoms with Gasteiger partial charge in [0.15, 0.2) is 5.82 Å². The number of hydrogen-bond donors (Lipinski definition) is 4. The fourth-order valence-corrected chi connectivity index (χ4v) is 3.07. The summed E-state index contributed by atoms with van der Waals surface area (Å²) in [4.78, 5) is 31.9. The van der Waals surface area contributed by atoms with Crippen LogP contribution in [0.5, 0.6) is 5.88 Å². The van der Waals surface area contributed by atoms with Crippen molar-refractivity contribution in [2.45, 2.75) is 19.3 Å². The zero-order chi connectivity index (χ0) is 22.3. The second-order valence-electron chi connectivity index (χ2n) is 6.99. The summed E-state index contributed by atoms with van der Waals surface area (Å²) in [5, 5.41) is 27.0. The molecule has 0 spiro atoms. The van der Waals surface area contributed by atoms with Gasteiger partial charge < -0.3 is 20.3 Å². The molecule has 0 saturated heterocycles. The quantitative estimate of drug-likeness (QED) is 0.287. The van der Waals surface area contributed by atoms with Gasteiger partial charge in [0.1, 0.15) is 0 Å². The number of nitrogens with zero attached hydrogens (tertiary/aromatic N) is 4. The van der Waals surface area contributed by atoms with E-state index < -0.39 is 0 Å². The normalized spacial score (nSPS) is 10.9. The topological polar surface area (TPSA) is 159 Å². The fourth-order valence-electron chi connectivity index (χ4n) is 3.07. The van der Waals surface area contributed by atoms with Gasteiger partial charge in [0.05, 0.1) is 5.39 Å². The largest absolute Gasteiger partial charge is 0.493 e. The molecule has 4 aromatic rings. The molecule has 0 bridgehead atoms. The van der Waals surface area contributed by atoms with Gasteiger partial charge in [-0.1, -0.05) is 23.4 Å². The minimum atomic E-state index is -0.230. The number of aryl methyl sites for hydroxylation is 1. The molecule has 0 aliphatic heterocycles. The zero-order valence-electron chi connectivity index (χ0n) is 17.0. The minimum absolute atomic E-state index is 0.0901. The van der Waals surface area contributed by atoms with Crippen molar-refractivity contribution in [1.29, 1.82) is 0 Å². The summed E-state index contributed by atoms with van der Waals surface area (Å²) in [6.45, 7) is 1.07. The standard InChI is InChI=1S/C21H21N7O4/c29-16(8-9-18-25-19(28-32-18)13-6-7-17(30)24-12-13)22-10-3-11-23-20-14-4-1-2-5-15(14)21(31)27-26-20/h1-2,4-7,12H,3,8-11H2,(H,22,29)(H,23,26)(H,24,30)(H,27,31). The van der Waals surface area contributed by atoms with Gasteiger partial charge in [0, 0.05) is 49.1 Å². The molecule has 1 amide bonds. The van der Waals surface area contributed by atoms with Crippen LogP contribution in [0.2, 0.25) is 0 Å². The molecule has 0 saturated carbocycles. The molecule has 1 aromatic carbocycles. The van der Waals surface area contributed by atoms with Crippen LogP contribution in [0.25, 0.3) is 22.2 Å². The Labute approximate surface area is 181 Å². The van der Waals surface area contributed by atoms with Crippen LogP contribution in [0.4, 0.5) is 5.82 Å². The van der Waals surface area contributed by atoms with Crippen LogP contribution in [0.1, 0.15) is 18.7 Å². The summed E-state index contributed by atoms with van der Waals surface area (Å²) in [5.74, 6) is 1.09. The van der Waals surface area contributed by atoms with Crippen LogP contribution in [-0.2, 0) is 11.2 Å². The maximum Gasteiger partial charge on any atom is 0.272 e. The highest BCUT2D eigenvalue weighted by atomic mass is 16.5. The molecule has 164 valence electrons. The molecular formula is C21H21N7O4. The Bertz CT molecular complexity index is 1270. The van der Waals surface area contributed by atoms with Gasteiger partial charge in [-0.15, -0.1) is 0 Å². The van der Waals surface area contributed by atoms with Gasteiger partial charge in [-0.3, -0.25) is 9.59 Å². The van der Waals surface area contributed by atoms with E-state index in [0.29, 0.717) is 54.4 Å². The number of aromatic hydroxyl groups is 1. The van der Waals surface area contributed by atoms with E-state index in [4.69, 9.17) is 4.52 Å². The Hall–Kier alpha value is -4.28. The molecule has 3 aromatic heterocycles. The number of anilines is 1. The van der Waals surface area contributed by atoms with Crippen molar-refractivity contribution in [2.75, 3.05) is 18.4 Å². The maximum absolute atomic E-state index is 12.1. The maximum atomic E-state index is 12.1. The van der Waals surface area contributed by atoms with Crippen molar-refractivity contribution in [2.24, 2.45) is 0 Å².